The minimum absolute atomic E-state index is 0.122. The van der Waals surface area contributed by atoms with Gasteiger partial charge in [0, 0.05) is 24.7 Å². The van der Waals surface area contributed by atoms with E-state index in [0.29, 0.717) is 17.7 Å². The minimum atomic E-state index is 0.122. The summed E-state index contributed by atoms with van der Waals surface area (Å²) in [5, 5.41) is 3.30. The highest BCUT2D eigenvalue weighted by atomic mass is 16.5. The number of nitrogens with one attached hydrogen (secondary N) is 1. The fraction of sp³-hybridized carbons (Fsp3) is 0.375. The Balaban J connectivity index is 1.60. The molecule has 1 aromatic carbocycles. The van der Waals surface area contributed by atoms with Crippen LogP contribution in [-0.2, 0) is 6.42 Å². The van der Waals surface area contributed by atoms with Gasteiger partial charge in [-0.05, 0) is 31.4 Å². The number of aromatic nitrogens is 2. The second-order valence-electron chi connectivity index (χ2n) is 5.37. The summed E-state index contributed by atoms with van der Waals surface area (Å²) in [7, 11) is 0. The van der Waals surface area contributed by atoms with Crippen LogP contribution in [0, 0.1) is 0 Å². The van der Waals surface area contributed by atoms with Crippen LogP contribution < -0.4 is 10.1 Å². The lowest BCUT2D eigenvalue weighted by Gasteiger charge is -2.30. The summed E-state index contributed by atoms with van der Waals surface area (Å²) in [6.07, 6.45) is 2.98. The smallest absolute Gasteiger partial charge is 0.225 e. The van der Waals surface area contributed by atoms with Crippen molar-refractivity contribution in [3.63, 3.8) is 0 Å². The third-order valence-corrected chi connectivity index (χ3v) is 3.45. The summed E-state index contributed by atoms with van der Waals surface area (Å²) in [4.78, 5) is 8.59. The molecule has 0 fully saturated rings. The van der Waals surface area contributed by atoms with Gasteiger partial charge in [-0.3, -0.25) is 0 Å². The molecule has 1 unspecified atom stereocenters. The van der Waals surface area contributed by atoms with Crippen molar-refractivity contribution in [2.45, 2.75) is 32.3 Å². The minimum Gasteiger partial charge on any atom is -0.475 e. The summed E-state index contributed by atoms with van der Waals surface area (Å²) in [6.45, 7) is 4.84. The van der Waals surface area contributed by atoms with Gasteiger partial charge in [0.2, 0.25) is 11.8 Å². The van der Waals surface area contributed by atoms with Gasteiger partial charge in [0.15, 0.2) is 0 Å². The van der Waals surface area contributed by atoms with E-state index in [1.807, 2.05) is 13.8 Å². The molecular weight excluding hydrogens is 250 g/mol. The number of fused-ring (bicyclic) bond motifs is 1. The molecule has 1 atom stereocenters. The Morgan fingerprint density at radius 1 is 1.30 bits per heavy atom. The normalized spacial score (nSPS) is 16.4. The predicted octanol–water partition coefficient (Wildman–Crippen LogP) is 3.02. The van der Waals surface area contributed by atoms with E-state index in [1.54, 1.807) is 12.3 Å². The highest BCUT2D eigenvalue weighted by Gasteiger charge is 2.25. The van der Waals surface area contributed by atoms with Crippen molar-refractivity contribution >= 4 is 5.95 Å². The van der Waals surface area contributed by atoms with Crippen molar-refractivity contribution in [3.05, 3.63) is 47.7 Å². The molecule has 3 rings (SSSR count). The SMILES string of the molecule is CC(C)Oc1ccnc(NCC2Cc3ccccc32)n1. The molecule has 1 heterocycles. The van der Waals surface area contributed by atoms with E-state index in [-0.39, 0.29) is 6.10 Å². The molecule has 0 spiro atoms. The van der Waals surface area contributed by atoms with Crippen molar-refractivity contribution < 1.29 is 4.74 Å². The lowest BCUT2D eigenvalue weighted by molar-refractivity contribution is 0.232. The van der Waals surface area contributed by atoms with Crippen LogP contribution in [-0.4, -0.2) is 22.6 Å². The van der Waals surface area contributed by atoms with Gasteiger partial charge in [0.1, 0.15) is 0 Å². The van der Waals surface area contributed by atoms with Crippen LogP contribution in [0.15, 0.2) is 36.5 Å². The van der Waals surface area contributed by atoms with Gasteiger partial charge < -0.3 is 10.1 Å². The number of ether oxygens (including phenoxy) is 1. The van der Waals surface area contributed by atoms with Gasteiger partial charge in [-0.15, -0.1) is 0 Å². The molecule has 0 radical (unpaired) electrons. The van der Waals surface area contributed by atoms with Crippen LogP contribution in [0.5, 0.6) is 5.88 Å². The zero-order valence-electron chi connectivity index (χ0n) is 11.8. The number of nitrogens with zero attached hydrogens (tertiary/aromatic N) is 2. The molecule has 20 heavy (non-hydrogen) atoms. The standard InChI is InChI=1S/C16H19N3O/c1-11(2)20-15-7-8-17-16(19-15)18-10-13-9-12-5-3-4-6-14(12)13/h3-8,11,13H,9-10H2,1-2H3,(H,17,18,19). The topological polar surface area (TPSA) is 47.0 Å². The molecule has 0 saturated heterocycles. The Labute approximate surface area is 119 Å². The van der Waals surface area contributed by atoms with Crippen molar-refractivity contribution in [1.29, 1.82) is 0 Å². The molecule has 0 bridgehead atoms. The second kappa shape index (κ2) is 5.49. The first-order valence-electron chi connectivity index (χ1n) is 7.04. The molecule has 1 aliphatic rings. The maximum Gasteiger partial charge on any atom is 0.225 e. The molecular formula is C16H19N3O. The van der Waals surface area contributed by atoms with E-state index < -0.39 is 0 Å². The molecule has 2 aromatic rings. The summed E-state index contributed by atoms with van der Waals surface area (Å²) in [5.74, 6) is 1.81. The molecule has 0 saturated carbocycles. The van der Waals surface area contributed by atoms with Gasteiger partial charge in [0.25, 0.3) is 0 Å². The average Bonchev–Trinajstić information content (AvgIpc) is 2.39. The van der Waals surface area contributed by atoms with Gasteiger partial charge in [-0.1, -0.05) is 24.3 Å². The van der Waals surface area contributed by atoms with Crippen molar-refractivity contribution in [2.24, 2.45) is 0 Å². The molecule has 0 amide bonds. The monoisotopic (exact) mass is 269 g/mol. The highest BCUT2D eigenvalue weighted by molar-refractivity contribution is 5.41. The maximum atomic E-state index is 5.57. The lowest BCUT2D eigenvalue weighted by atomic mass is 9.78. The fourth-order valence-electron chi connectivity index (χ4n) is 2.49. The Bertz CT molecular complexity index is 598. The Kier molecular flexibility index (Phi) is 3.54. The molecule has 4 heteroatoms. The van der Waals surface area contributed by atoms with Gasteiger partial charge in [-0.25, -0.2) is 4.98 Å². The van der Waals surface area contributed by atoms with E-state index in [4.69, 9.17) is 4.74 Å². The predicted molar refractivity (Wildman–Crippen MR) is 79.2 cm³/mol. The van der Waals surface area contributed by atoms with Crippen LogP contribution >= 0.6 is 0 Å². The zero-order chi connectivity index (χ0) is 13.9. The molecule has 1 N–H and O–H groups in total. The third kappa shape index (κ3) is 2.74. The van der Waals surface area contributed by atoms with Crippen LogP contribution in [0.2, 0.25) is 0 Å². The summed E-state index contributed by atoms with van der Waals surface area (Å²) < 4.78 is 5.57. The van der Waals surface area contributed by atoms with Gasteiger partial charge >= 0.3 is 0 Å². The number of benzene rings is 1. The van der Waals surface area contributed by atoms with Crippen molar-refractivity contribution in [3.8, 4) is 5.88 Å². The summed E-state index contributed by atoms with van der Waals surface area (Å²) >= 11 is 0. The van der Waals surface area contributed by atoms with Crippen LogP contribution in [0.1, 0.15) is 30.9 Å². The maximum absolute atomic E-state index is 5.57. The van der Waals surface area contributed by atoms with Crippen LogP contribution in [0.4, 0.5) is 5.95 Å². The molecule has 0 aliphatic heterocycles. The van der Waals surface area contributed by atoms with Crippen LogP contribution in [0.25, 0.3) is 0 Å². The lowest BCUT2D eigenvalue weighted by Crippen LogP contribution is -2.24. The zero-order valence-corrected chi connectivity index (χ0v) is 11.8. The molecule has 104 valence electrons. The average molecular weight is 269 g/mol. The van der Waals surface area contributed by atoms with E-state index in [2.05, 4.69) is 39.6 Å². The first-order chi connectivity index (χ1) is 9.72. The van der Waals surface area contributed by atoms with E-state index in [9.17, 15) is 0 Å². The molecule has 4 nitrogen and oxygen atoms in total. The van der Waals surface area contributed by atoms with Crippen molar-refractivity contribution in [1.82, 2.24) is 9.97 Å². The summed E-state index contributed by atoms with van der Waals surface area (Å²) in [6, 6.07) is 10.4. The first-order valence-corrected chi connectivity index (χ1v) is 7.04. The number of hydrogen-bond donors (Lipinski definition) is 1. The second-order valence-corrected chi connectivity index (χ2v) is 5.37. The largest absolute Gasteiger partial charge is 0.475 e. The van der Waals surface area contributed by atoms with Gasteiger partial charge in [0.05, 0.1) is 6.10 Å². The number of anilines is 1. The van der Waals surface area contributed by atoms with E-state index in [0.717, 1.165) is 13.0 Å². The Hall–Kier alpha value is -2.10. The highest BCUT2D eigenvalue weighted by Crippen LogP contribution is 2.34. The first kappa shape index (κ1) is 12.9. The van der Waals surface area contributed by atoms with Gasteiger partial charge in [-0.2, -0.15) is 4.98 Å². The van der Waals surface area contributed by atoms with E-state index >= 15 is 0 Å². The van der Waals surface area contributed by atoms with E-state index in [1.165, 1.54) is 11.1 Å². The van der Waals surface area contributed by atoms with Crippen LogP contribution in [0.3, 0.4) is 0 Å². The Morgan fingerprint density at radius 3 is 2.95 bits per heavy atom. The quantitative estimate of drug-likeness (QED) is 0.906. The van der Waals surface area contributed by atoms with Crippen molar-refractivity contribution in [2.75, 3.05) is 11.9 Å². The molecule has 1 aromatic heterocycles. The number of rotatable bonds is 5. The third-order valence-electron chi connectivity index (χ3n) is 3.45. The fourth-order valence-corrected chi connectivity index (χ4v) is 2.49. The number of hydrogen-bond acceptors (Lipinski definition) is 4. The molecule has 1 aliphatic carbocycles. The Morgan fingerprint density at radius 2 is 2.15 bits per heavy atom. The summed E-state index contributed by atoms with van der Waals surface area (Å²) in [5.41, 5.74) is 2.90.